The van der Waals surface area contributed by atoms with Gasteiger partial charge in [-0.2, -0.15) is 0 Å². The van der Waals surface area contributed by atoms with E-state index in [9.17, 15) is 9.59 Å². The quantitative estimate of drug-likeness (QED) is 0.424. The molecule has 0 spiro atoms. The Morgan fingerprint density at radius 2 is 1.78 bits per heavy atom. The van der Waals surface area contributed by atoms with Crippen LogP contribution < -0.4 is 14.8 Å². The van der Waals surface area contributed by atoms with Gasteiger partial charge in [-0.15, -0.1) is 0 Å². The van der Waals surface area contributed by atoms with Gasteiger partial charge in [-0.3, -0.25) is 4.79 Å². The number of hydrogen-bond acceptors (Lipinski definition) is 5. The zero-order valence-electron chi connectivity index (χ0n) is 18.8. The zero-order valence-corrected chi connectivity index (χ0v) is 18.8. The maximum Gasteiger partial charge on any atom is 0.354 e. The van der Waals surface area contributed by atoms with Gasteiger partial charge in [0.15, 0.2) is 0 Å². The first kappa shape index (κ1) is 23.4. The highest BCUT2D eigenvalue weighted by atomic mass is 16.5. The highest BCUT2D eigenvalue weighted by Gasteiger charge is 2.18. The van der Waals surface area contributed by atoms with Crippen LogP contribution in [0.1, 0.15) is 49.7 Å². The second-order valence-corrected chi connectivity index (χ2v) is 8.00. The van der Waals surface area contributed by atoms with Crippen LogP contribution in [0.2, 0.25) is 0 Å². The lowest BCUT2D eigenvalue weighted by atomic mass is 10.0. The van der Waals surface area contributed by atoms with Crippen molar-refractivity contribution in [1.82, 2.24) is 5.32 Å². The third kappa shape index (κ3) is 7.15. The van der Waals surface area contributed by atoms with Crippen LogP contribution in [0, 0.1) is 5.92 Å². The summed E-state index contributed by atoms with van der Waals surface area (Å²) < 4.78 is 15.9. The molecular formula is C26H31NO5. The predicted molar refractivity (Wildman–Crippen MR) is 123 cm³/mol. The van der Waals surface area contributed by atoms with E-state index in [0.717, 1.165) is 23.3 Å². The van der Waals surface area contributed by atoms with Crippen LogP contribution in [0.25, 0.3) is 6.08 Å². The van der Waals surface area contributed by atoms with Crippen molar-refractivity contribution >= 4 is 18.0 Å². The predicted octanol–water partition coefficient (Wildman–Crippen LogP) is 4.87. The fraction of sp³-hybridized carbons (Fsp3) is 0.385. The van der Waals surface area contributed by atoms with Crippen molar-refractivity contribution in [2.45, 2.75) is 45.1 Å². The maximum absolute atomic E-state index is 12.4. The molecule has 0 radical (unpaired) electrons. The van der Waals surface area contributed by atoms with Crippen molar-refractivity contribution in [3.8, 4) is 11.5 Å². The third-order valence-electron chi connectivity index (χ3n) is 5.66. The maximum atomic E-state index is 12.4. The summed E-state index contributed by atoms with van der Waals surface area (Å²) in [6.07, 6.45) is 7.77. The van der Waals surface area contributed by atoms with Crippen LogP contribution in [-0.4, -0.2) is 26.1 Å². The van der Waals surface area contributed by atoms with E-state index in [1.807, 2.05) is 48.5 Å². The number of amides is 1. The molecule has 0 aliphatic heterocycles. The number of benzene rings is 2. The van der Waals surface area contributed by atoms with Gasteiger partial charge in [-0.1, -0.05) is 49.9 Å². The standard InChI is InChI=1S/C26H31NO5/c1-30-23-9-5-8-21(16-23)18-32-22-13-10-20(11-14-22)17-24(26(29)31-2)27-25(28)15-12-19-6-3-4-7-19/h5,8-11,13-14,16-17,19H,3-4,6-7,12,15,18H2,1-2H3,(H,27,28). The number of esters is 1. The van der Waals surface area contributed by atoms with E-state index < -0.39 is 5.97 Å². The second kappa shape index (κ2) is 11.9. The van der Waals surface area contributed by atoms with E-state index in [2.05, 4.69) is 5.32 Å². The molecule has 0 bridgehead atoms. The topological polar surface area (TPSA) is 73.9 Å². The van der Waals surface area contributed by atoms with Crippen LogP contribution in [0.4, 0.5) is 0 Å². The molecule has 1 saturated carbocycles. The van der Waals surface area contributed by atoms with Crippen molar-refractivity contribution in [3.63, 3.8) is 0 Å². The minimum Gasteiger partial charge on any atom is -0.497 e. The number of hydrogen-bond donors (Lipinski definition) is 1. The summed E-state index contributed by atoms with van der Waals surface area (Å²) in [7, 11) is 2.93. The summed E-state index contributed by atoms with van der Waals surface area (Å²) in [6.45, 7) is 0.414. The summed E-state index contributed by atoms with van der Waals surface area (Å²) in [4.78, 5) is 24.5. The summed E-state index contributed by atoms with van der Waals surface area (Å²) in [5.41, 5.74) is 1.89. The van der Waals surface area contributed by atoms with E-state index >= 15 is 0 Å². The number of ether oxygens (including phenoxy) is 3. The zero-order chi connectivity index (χ0) is 22.8. The highest BCUT2D eigenvalue weighted by molar-refractivity contribution is 5.97. The van der Waals surface area contributed by atoms with Crippen LogP contribution in [0.3, 0.4) is 0 Å². The number of nitrogens with one attached hydrogen (secondary N) is 1. The molecule has 1 N–H and O–H groups in total. The Balaban J connectivity index is 1.58. The van der Waals surface area contributed by atoms with Gasteiger partial charge in [-0.05, 0) is 53.8 Å². The van der Waals surface area contributed by atoms with E-state index in [-0.39, 0.29) is 11.6 Å². The average molecular weight is 438 g/mol. The Labute approximate surface area is 189 Å². The molecule has 1 fully saturated rings. The molecular weight excluding hydrogens is 406 g/mol. The lowest BCUT2D eigenvalue weighted by molar-refractivity contribution is -0.137. The molecule has 32 heavy (non-hydrogen) atoms. The number of carbonyl (C=O) groups is 2. The Bertz CT molecular complexity index is 929. The minimum atomic E-state index is -0.572. The van der Waals surface area contributed by atoms with Gasteiger partial charge in [0.1, 0.15) is 23.8 Å². The van der Waals surface area contributed by atoms with Gasteiger partial charge in [0.25, 0.3) is 0 Å². The Kier molecular flexibility index (Phi) is 8.72. The van der Waals surface area contributed by atoms with Crippen LogP contribution >= 0.6 is 0 Å². The van der Waals surface area contributed by atoms with Crippen molar-refractivity contribution in [2.24, 2.45) is 5.92 Å². The fourth-order valence-corrected chi connectivity index (χ4v) is 3.86. The molecule has 0 saturated heterocycles. The van der Waals surface area contributed by atoms with Crippen LogP contribution in [-0.2, 0) is 20.9 Å². The number of methoxy groups -OCH3 is 2. The van der Waals surface area contributed by atoms with Crippen molar-refractivity contribution in [3.05, 3.63) is 65.4 Å². The first-order valence-corrected chi connectivity index (χ1v) is 11.0. The largest absolute Gasteiger partial charge is 0.497 e. The first-order valence-electron chi connectivity index (χ1n) is 11.0. The molecule has 0 atom stereocenters. The van der Waals surface area contributed by atoms with Crippen molar-refractivity contribution in [2.75, 3.05) is 14.2 Å². The number of rotatable bonds is 10. The molecule has 0 aromatic heterocycles. The van der Waals surface area contributed by atoms with Crippen LogP contribution in [0.15, 0.2) is 54.2 Å². The summed E-state index contributed by atoms with van der Waals surface area (Å²) in [5.74, 6) is 1.37. The summed E-state index contributed by atoms with van der Waals surface area (Å²) in [5, 5.41) is 2.72. The third-order valence-corrected chi connectivity index (χ3v) is 5.66. The monoisotopic (exact) mass is 437 g/mol. The SMILES string of the molecule is COC(=O)C(=Cc1ccc(OCc2cccc(OC)c2)cc1)NC(=O)CCC1CCCC1. The van der Waals surface area contributed by atoms with E-state index in [0.29, 0.717) is 24.7 Å². The average Bonchev–Trinajstić information content (AvgIpc) is 3.35. The molecule has 6 heteroatoms. The van der Waals surface area contributed by atoms with Crippen molar-refractivity contribution in [1.29, 1.82) is 0 Å². The molecule has 0 heterocycles. The molecule has 2 aromatic carbocycles. The van der Waals surface area contributed by atoms with Gasteiger partial charge in [0, 0.05) is 6.42 Å². The molecule has 170 valence electrons. The summed E-state index contributed by atoms with van der Waals surface area (Å²) in [6, 6.07) is 15.0. The van der Waals surface area contributed by atoms with Crippen LogP contribution in [0.5, 0.6) is 11.5 Å². The van der Waals surface area contributed by atoms with Gasteiger partial charge in [-0.25, -0.2) is 4.79 Å². The molecule has 1 amide bonds. The van der Waals surface area contributed by atoms with Gasteiger partial charge in [0.2, 0.25) is 5.91 Å². The normalized spacial score (nSPS) is 14.1. The Hall–Kier alpha value is -3.28. The Morgan fingerprint density at radius 3 is 2.47 bits per heavy atom. The molecule has 2 aromatic rings. The molecule has 1 aliphatic rings. The van der Waals surface area contributed by atoms with E-state index in [4.69, 9.17) is 14.2 Å². The van der Waals surface area contributed by atoms with E-state index in [1.54, 1.807) is 13.2 Å². The van der Waals surface area contributed by atoms with Gasteiger partial charge in [0.05, 0.1) is 14.2 Å². The molecule has 1 aliphatic carbocycles. The lowest BCUT2D eigenvalue weighted by Gasteiger charge is -2.11. The fourth-order valence-electron chi connectivity index (χ4n) is 3.86. The van der Waals surface area contributed by atoms with Crippen molar-refractivity contribution < 1.29 is 23.8 Å². The van der Waals surface area contributed by atoms with E-state index in [1.165, 1.54) is 32.8 Å². The first-order chi connectivity index (χ1) is 15.6. The summed E-state index contributed by atoms with van der Waals surface area (Å²) >= 11 is 0. The smallest absolute Gasteiger partial charge is 0.354 e. The molecule has 3 rings (SSSR count). The van der Waals surface area contributed by atoms with Gasteiger partial charge < -0.3 is 19.5 Å². The van der Waals surface area contributed by atoms with Gasteiger partial charge >= 0.3 is 5.97 Å². The minimum absolute atomic E-state index is 0.133. The number of carbonyl (C=O) groups excluding carboxylic acids is 2. The Morgan fingerprint density at radius 1 is 1.03 bits per heavy atom. The highest BCUT2D eigenvalue weighted by Crippen LogP contribution is 2.28. The molecule has 0 unspecified atom stereocenters. The molecule has 6 nitrogen and oxygen atoms in total. The second-order valence-electron chi connectivity index (χ2n) is 8.00. The lowest BCUT2D eigenvalue weighted by Crippen LogP contribution is -2.28.